The molecule has 1 rings (SSSR count). The van der Waals surface area contributed by atoms with Gasteiger partial charge < -0.3 is 4.74 Å². The summed E-state index contributed by atoms with van der Waals surface area (Å²) in [6.07, 6.45) is 1.51. The van der Waals surface area contributed by atoms with Gasteiger partial charge in [0.25, 0.3) is 5.69 Å². The molecule has 7 heteroatoms. The van der Waals surface area contributed by atoms with E-state index in [4.69, 9.17) is 0 Å². The maximum Gasteiger partial charge on any atom is 0.309 e. The third kappa shape index (κ3) is 4.22. The molecule has 0 saturated carbocycles. The number of hydrogen-bond donors (Lipinski definition) is 0. The number of pyridine rings is 1. The fourth-order valence-electron chi connectivity index (χ4n) is 2.27. The lowest BCUT2D eigenvalue weighted by molar-refractivity contribution is -0.386. The Morgan fingerprint density at radius 2 is 2.14 bits per heavy atom. The molecular weight excluding hydrogens is 274 g/mol. The summed E-state index contributed by atoms with van der Waals surface area (Å²) in [4.78, 5) is 28.3. The fraction of sp³-hybridized carbons (Fsp3) is 0.571. The maximum absolute atomic E-state index is 11.4. The molecule has 0 aromatic carbocycles. The van der Waals surface area contributed by atoms with Gasteiger partial charge in [0.1, 0.15) is 0 Å². The van der Waals surface area contributed by atoms with Crippen LogP contribution in [0.3, 0.4) is 0 Å². The Kier molecular flexibility index (Phi) is 5.78. The van der Waals surface area contributed by atoms with Gasteiger partial charge in [-0.05, 0) is 20.9 Å². The molecule has 0 fully saturated rings. The number of nitro groups is 1. The summed E-state index contributed by atoms with van der Waals surface area (Å²) in [7, 11) is 3.19. The summed E-state index contributed by atoms with van der Waals surface area (Å²) in [5, 5.41) is 11.1. The lowest BCUT2D eigenvalue weighted by Gasteiger charge is -2.20. The van der Waals surface area contributed by atoms with E-state index in [-0.39, 0.29) is 22.5 Å². The van der Waals surface area contributed by atoms with Crippen LogP contribution in [0.5, 0.6) is 0 Å². The molecule has 7 nitrogen and oxygen atoms in total. The number of aryl methyl sites for hydroxylation is 1. The molecule has 0 N–H and O–H groups in total. The highest BCUT2D eigenvalue weighted by Gasteiger charge is 2.21. The summed E-state index contributed by atoms with van der Waals surface area (Å²) in [5.74, 6) is -0.540. The van der Waals surface area contributed by atoms with E-state index in [2.05, 4.69) is 9.72 Å². The van der Waals surface area contributed by atoms with Gasteiger partial charge >= 0.3 is 5.97 Å². The van der Waals surface area contributed by atoms with Crippen molar-refractivity contribution < 1.29 is 14.5 Å². The van der Waals surface area contributed by atoms with E-state index in [9.17, 15) is 14.9 Å². The van der Waals surface area contributed by atoms with Gasteiger partial charge in [-0.25, -0.2) is 0 Å². The number of aromatic nitrogens is 1. The zero-order valence-electron chi connectivity index (χ0n) is 13.0. The topological polar surface area (TPSA) is 85.6 Å². The van der Waals surface area contributed by atoms with Crippen molar-refractivity contribution in [3.63, 3.8) is 0 Å². The molecule has 1 unspecified atom stereocenters. The molecule has 1 heterocycles. The molecule has 0 amide bonds. The van der Waals surface area contributed by atoms with Crippen molar-refractivity contribution in [3.05, 3.63) is 33.1 Å². The van der Waals surface area contributed by atoms with Crippen LogP contribution in [0.25, 0.3) is 0 Å². The Bertz CT molecular complexity index is 545. The SMILES string of the molecule is COC(=O)C(C)CN(C)Cc1ncc(C)c([N+](=O)[O-])c1C. The quantitative estimate of drug-likeness (QED) is 0.452. The maximum atomic E-state index is 11.4. The van der Waals surface area contributed by atoms with E-state index in [1.54, 1.807) is 20.8 Å². The van der Waals surface area contributed by atoms with E-state index in [1.807, 2.05) is 11.9 Å². The minimum absolute atomic E-state index is 0.106. The minimum Gasteiger partial charge on any atom is -0.469 e. The van der Waals surface area contributed by atoms with Gasteiger partial charge in [-0.15, -0.1) is 0 Å². The molecule has 0 aliphatic heterocycles. The zero-order valence-corrected chi connectivity index (χ0v) is 13.0. The molecule has 0 aliphatic rings. The van der Waals surface area contributed by atoms with Crippen molar-refractivity contribution in [2.24, 2.45) is 5.92 Å². The van der Waals surface area contributed by atoms with Crippen LogP contribution in [-0.4, -0.2) is 41.5 Å². The van der Waals surface area contributed by atoms with Crippen LogP contribution in [0.4, 0.5) is 5.69 Å². The molecule has 1 atom stereocenters. The summed E-state index contributed by atoms with van der Waals surface area (Å²) < 4.78 is 4.68. The van der Waals surface area contributed by atoms with Crippen LogP contribution in [0.15, 0.2) is 6.20 Å². The van der Waals surface area contributed by atoms with E-state index >= 15 is 0 Å². The third-order valence-corrected chi connectivity index (χ3v) is 3.37. The highest BCUT2D eigenvalue weighted by molar-refractivity contribution is 5.72. The Morgan fingerprint density at radius 3 is 2.67 bits per heavy atom. The van der Waals surface area contributed by atoms with Gasteiger partial charge in [0.05, 0.1) is 23.6 Å². The largest absolute Gasteiger partial charge is 0.469 e. The molecule has 0 saturated heterocycles. The Balaban J connectivity index is 2.86. The van der Waals surface area contributed by atoms with Crippen molar-refractivity contribution >= 4 is 11.7 Å². The number of methoxy groups -OCH3 is 1. The second-order valence-corrected chi connectivity index (χ2v) is 5.24. The number of nitrogens with zero attached hydrogens (tertiary/aromatic N) is 3. The molecule has 0 spiro atoms. The first-order valence-corrected chi connectivity index (χ1v) is 6.63. The molecular formula is C14H21N3O4. The fourth-order valence-corrected chi connectivity index (χ4v) is 2.27. The minimum atomic E-state index is -0.382. The highest BCUT2D eigenvalue weighted by atomic mass is 16.6. The lowest BCUT2D eigenvalue weighted by atomic mass is 10.1. The number of esters is 1. The number of ether oxygens (including phenoxy) is 1. The van der Waals surface area contributed by atoms with Crippen LogP contribution in [0, 0.1) is 29.9 Å². The first kappa shape index (κ1) is 17.0. The second kappa shape index (κ2) is 7.12. The van der Waals surface area contributed by atoms with Crippen LogP contribution < -0.4 is 0 Å². The third-order valence-electron chi connectivity index (χ3n) is 3.37. The van der Waals surface area contributed by atoms with Gasteiger partial charge in [-0.3, -0.25) is 24.8 Å². The Hall–Kier alpha value is -2.02. The highest BCUT2D eigenvalue weighted by Crippen LogP contribution is 2.24. The molecule has 21 heavy (non-hydrogen) atoms. The predicted octanol–water partition coefficient (Wildman–Crippen LogP) is 1.85. The van der Waals surface area contributed by atoms with Crippen LogP contribution in [-0.2, 0) is 16.1 Å². The van der Waals surface area contributed by atoms with Gasteiger partial charge in [0.15, 0.2) is 0 Å². The average Bonchev–Trinajstić information content (AvgIpc) is 2.40. The molecule has 1 aromatic rings. The smallest absolute Gasteiger partial charge is 0.309 e. The Morgan fingerprint density at radius 1 is 1.52 bits per heavy atom. The van der Waals surface area contributed by atoms with Gasteiger partial charge in [0.2, 0.25) is 0 Å². The zero-order chi connectivity index (χ0) is 16.2. The van der Waals surface area contributed by atoms with Crippen molar-refractivity contribution in [1.29, 1.82) is 0 Å². The van der Waals surface area contributed by atoms with E-state index < -0.39 is 0 Å². The number of hydrogen-bond acceptors (Lipinski definition) is 6. The van der Waals surface area contributed by atoms with Crippen LogP contribution >= 0.6 is 0 Å². The normalized spacial score (nSPS) is 12.3. The van der Waals surface area contributed by atoms with Crippen LogP contribution in [0.2, 0.25) is 0 Å². The van der Waals surface area contributed by atoms with Gasteiger partial charge in [-0.2, -0.15) is 0 Å². The van der Waals surface area contributed by atoms with Gasteiger partial charge in [0, 0.05) is 30.4 Å². The van der Waals surface area contributed by atoms with Crippen molar-refractivity contribution in [2.75, 3.05) is 20.7 Å². The summed E-state index contributed by atoms with van der Waals surface area (Å²) >= 11 is 0. The standard InChI is InChI=1S/C14H21N3O4/c1-9-6-15-12(11(3)13(9)17(19)20)8-16(4)7-10(2)14(18)21-5/h6,10H,7-8H2,1-5H3. The second-order valence-electron chi connectivity index (χ2n) is 5.24. The molecule has 1 aromatic heterocycles. The van der Waals surface area contributed by atoms with E-state index in [1.165, 1.54) is 13.3 Å². The van der Waals surface area contributed by atoms with Gasteiger partial charge in [-0.1, -0.05) is 6.92 Å². The van der Waals surface area contributed by atoms with Crippen molar-refractivity contribution in [2.45, 2.75) is 27.3 Å². The average molecular weight is 295 g/mol. The molecule has 116 valence electrons. The van der Waals surface area contributed by atoms with E-state index in [0.29, 0.717) is 29.9 Å². The predicted molar refractivity (Wildman–Crippen MR) is 77.9 cm³/mol. The van der Waals surface area contributed by atoms with E-state index in [0.717, 1.165) is 0 Å². The summed E-state index contributed by atoms with van der Waals surface area (Å²) in [6, 6.07) is 0. The Labute approximate surface area is 124 Å². The van der Waals surface area contributed by atoms with Crippen LogP contribution in [0.1, 0.15) is 23.7 Å². The first-order valence-electron chi connectivity index (χ1n) is 6.63. The number of rotatable bonds is 6. The lowest BCUT2D eigenvalue weighted by Crippen LogP contribution is -2.29. The number of carbonyl (C=O) groups excluding carboxylic acids is 1. The first-order chi connectivity index (χ1) is 9.77. The van der Waals surface area contributed by atoms with Crippen molar-refractivity contribution in [1.82, 2.24) is 9.88 Å². The molecule has 0 bridgehead atoms. The monoisotopic (exact) mass is 295 g/mol. The summed E-state index contributed by atoms with van der Waals surface area (Å²) in [6.45, 7) is 6.08. The number of carbonyl (C=O) groups is 1. The molecule has 0 radical (unpaired) electrons. The summed E-state index contributed by atoms with van der Waals surface area (Å²) in [5.41, 5.74) is 1.87. The molecule has 0 aliphatic carbocycles. The van der Waals surface area contributed by atoms with Crippen molar-refractivity contribution in [3.8, 4) is 0 Å².